The van der Waals surface area contributed by atoms with Gasteiger partial charge in [-0.1, -0.05) is 13.8 Å². The summed E-state index contributed by atoms with van der Waals surface area (Å²) in [6.07, 6.45) is 3.06. The first-order chi connectivity index (χ1) is 8.02. The fraction of sp³-hybridized carbons (Fsp3) is 0.846. The van der Waals surface area contributed by atoms with Crippen LogP contribution in [-0.2, 0) is 9.59 Å². The van der Waals surface area contributed by atoms with Crippen molar-refractivity contribution in [3.63, 3.8) is 0 Å². The molecule has 0 unspecified atom stereocenters. The van der Waals surface area contributed by atoms with Gasteiger partial charge in [0, 0.05) is 13.0 Å². The van der Waals surface area contributed by atoms with E-state index in [0.717, 1.165) is 25.7 Å². The first kappa shape index (κ1) is 12.6. The van der Waals surface area contributed by atoms with Crippen LogP contribution in [0.4, 0.5) is 0 Å². The van der Waals surface area contributed by atoms with Crippen molar-refractivity contribution in [1.82, 2.24) is 4.90 Å². The van der Waals surface area contributed by atoms with Gasteiger partial charge in [0.1, 0.15) is 0 Å². The number of carbonyl (C=O) groups excluding carboxylic acids is 2. The molecule has 2 aliphatic rings. The van der Waals surface area contributed by atoms with Gasteiger partial charge in [0.2, 0.25) is 11.8 Å². The number of amides is 2. The Bertz CT molecular complexity index is 330. The van der Waals surface area contributed by atoms with Crippen LogP contribution in [0.2, 0.25) is 0 Å². The summed E-state index contributed by atoms with van der Waals surface area (Å²) < 4.78 is 0. The number of rotatable bonds is 4. The van der Waals surface area contributed by atoms with Gasteiger partial charge >= 0.3 is 0 Å². The molecule has 2 fully saturated rings. The van der Waals surface area contributed by atoms with Gasteiger partial charge in [-0.3, -0.25) is 14.5 Å². The molecule has 96 valence electrons. The second-order valence-corrected chi connectivity index (χ2v) is 5.46. The number of carbonyl (C=O) groups is 2. The Labute approximate surface area is 102 Å². The molecule has 0 atom stereocenters. The monoisotopic (exact) mass is 239 g/mol. The van der Waals surface area contributed by atoms with Crippen LogP contribution in [0.1, 0.15) is 46.0 Å². The Balaban J connectivity index is 2.03. The fourth-order valence-corrected chi connectivity index (χ4v) is 2.96. The van der Waals surface area contributed by atoms with Gasteiger partial charge in [0.05, 0.1) is 11.5 Å². The van der Waals surface area contributed by atoms with E-state index in [9.17, 15) is 14.7 Å². The molecule has 0 aromatic rings. The summed E-state index contributed by atoms with van der Waals surface area (Å²) in [5, 5.41) is 9.23. The maximum Gasteiger partial charge on any atom is 0.235 e. The van der Waals surface area contributed by atoms with Gasteiger partial charge in [-0.15, -0.1) is 0 Å². The largest absolute Gasteiger partial charge is 0.393 e. The molecule has 0 spiro atoms. The molecule has 4 heteroatoms. The third-order valence-electron chi connectivity index (χ3n) is 4.49. The van der Waals surface area contributed by atoms with Gasteiger partial charge in [0.25, 0.3) is 0 Å². The highest BCUT2D eigenvalue weighted by atomic mass is 16.3. The summed E-state index contributed by atoms with van der Waals surface area (Å²) >= 11 is 0. The molecule has 0 aromatic carbocycles. The highest BCUT2D eigenvalue weighted by Crippen LogP contribution is 2.40. The number of hydrogen-bond acceptors (Lipinski definition) is 3. The molecule has 17 heavy (non-hydrogen) atoms. The standard InChI is InChI=1S/C13H21NO3/c1-3-13(4-2)7-11(16)14(12(13)17)8-9-5-10(15)6-9/h9-10,15H,3-8H2,1-2H3. The van der Waals surface area contributed by atoms with Gasteiger partial charge < -0.3 is 5.11 Å². The van der Waals surface area contributed by atoms with E-state index in [2.05, 4.69) is 0 Å². The molecule has 0 aromatic heterocycles. The second-order valence-electron chi connectivity index (χ2n) is 5.46. The summed E-state index contributed by atoms with van der Waals surface area (Å²) in [5.41, 5.74) is -0.445. The van der Waals surface area contributed by atoms with E-state index in [0.29, 0.717) is 18.9 Å². The Morgan fingerprint density at radius 1 is 1.29 bits per heavy atom. The number of imide groups is 1. The maximum absolute atomic E-state index is 12.3. The molecule has 0 bridgehead atoms. The van der Waals surface area contributed by atoms with Crippen LogP contribution in [-0.4, -0.2) is 34.5 Å². The van der Waals surface area contributed by atoms with E-state index in [4.69, 9.17) is 0 Å². The van der Waals surface area contributed by atoms with Crippen LogP contribution in [0.25, 0.3) is 0 Å². The van der Waals surface area contributed by atoms with E-state index in [1.165, 1.54) is 4.90 Å². The van der Waals surface area contributed by atoms with Gasteiger partial charge in [0.15, 0.2) is 0 Å². The lowest BCUT2D eigenvalue weighted by atomic mass is 9.80. The lowest BCUT2D eigenvalue weighted by Gasteiger charge is -2.34. The smallest absolute Gasteiger partial charge is 0.235 e. The van der Waals surface area contributed by atoms with Crippen LogP contribution >= 0.6 is 0 Å². The highest BCUT2D eigenvalue weighted by molar-refractivity contribution is 6.05. The molecule has 1 N–H and O–H groups in total. The highest BCUT2D eigenvalue weighted by Gasteiger charge is 2.49. The molecule has 4 nitrogen and oxygen atoms in total. The predicted molar refractivity (Wildman–Crippen MR) is 63.1 cm³/mol. The van der Waals surface area contributed by atoms with Crippen LogP contribution in [0, 0.1) is 11.3 Å². The third kappa shape index (κ3) is 1.99. The Hall–Kier alpha value is -0.900. The van der Waals surface area contributed by atoms with E-state index in [-0.39, 0.29) is 17.9 Å². The quantitative estimate of drug-likeness (QED) is 0.753. The molecule has 1 heterocycles. The molecule has 1 aliphatic carbocycles. The summed E-state index contributed by atoms with van der Waals surface area (Å²) in [4.78, 5) is 25.7. The minimum Gasteiger partial charge on any atom is -0.393 e. The molecular formula is C13H21NO3. The summed E-state index contributed by atoms with van der Waals surface area (Å²) in [7, 11) is 0. The van der Waals surface area contributed by atoms with Crippen molar-refractivity contribution in [3.05, 3.63) is 0 Å². The molecule has 2 amide bonds. The zero-order chi connectivity index (χ0) is 12.6. The average molecular weight is 239 g/mol. The third-order valence-corrected chi connectivity index (χ3v) is 4.49. The molecule has 2 rings (SSSR count). The Kier molecular flexibility index (Phi) is 3.25. The van der Waals surface area contributed by atoms with Crippen molar-refractivity contribution in [3.8, 4) is 0 Å². The molecular weight excluding hydrogens is 218 g/mol. The maximum atomic E-state index is 12.3. The van der Waals surface area contributed by atoms with Crippen molar-refractivity contribution in [2.75, 3.05) is 6.54 Å². The average Bonchev–Trinajstić information content (AvgIpc) is 2.51. The van der Waals surface area contributed by atoms with E-state index in [1.807, 2.05) is 13.8 Å². The number of nitrogens with zero attached hydrogens (tertiary/aromatic N) is 1. The molecule has 0 radical (unpaired) electrons. The molecule has 1 aliphatic heterocycles. The second kappa shape index (κ2) is 4.41. The van der Waals surface area contributed by atoms with Crippen molar-refractivity contribution < 1.29 is 14.7 Å². The molecule has 1 saturated carbocycles. The topological polar surface area (TPSA) is 57.6 Å². The number of aliphatic hydroxyl groups is 1. The van der Waals surface area contributed by atoms with Crippen LogP contribution in [0.3, 0.4) is 0 Å². The fourth-order valence-electron chi connectivity index (χ4n) is 2.96. The lowest BCUT2D eigenvalue weighted by molar-refractivity contribution is -0.143. The number of aliphatic hydroxyl groups excluding tert-OH is 1. The van der Waals surface area contributed by atoms with E-state index >= 15 is 0 Å². The first-order valence-electron chi connectivity index (χ1n) is 6.55. The SMILES string of the molecule is CCC1(CC)CC(=O)N(CC2CC(O)C2)C1=O. The van der Waals surface area contributed by atoms with Crippen molar-refractivity contribution in [2.45, 2.75) is 52.1 Å². The lowest BCUT2D eigenvalue weighted by Crippen LogP contribution is -2.43. The summed E-state index contributed by atoms with van der Waals surface area (Å²) in [5.74, 6) is 0.288. The number of hydrogen-bond donors (Lipinski definition) is 1. The van der Waals surface area contributed by atoms with Crippen LogP contribution in [0.5, 0.6) is 0 Å². The predicted octanol–water partition coefficient (Wildman–Crippen LogP) is 1.32. The zero-order valence-electron chi connectivity index (χ0n) is 10.6. The summed E-state index contributed by atoms with van der Waals surface area (Å²) in [6.45, 7) is 4.47. The minimum absolute atomic E-state index is 0.00823. The molecule has 1 saturated heterocycles. The van der Waals surface area contributed by atoms with E-state index in [1.54, 1.807) is 0 Å². The van der Waals surface area contributed by atoms with Crippen molar-refractivity contribution in [1.29, 1.82) is 0 Å². The van der Waals surface area contributed by atoms with Gasteiger partial charge in [-0.25, -0.2) is 0 Å². The normalized spacial score (nSPS) is 31.8. The number of likely N-dealkylation sites (tertiary alicyclic amines) is 1. The van der Waals surface area contributed by atoms with E-state index < -0.39 is 5.41 Å². The Morgan fingerprint density at radius 2 is 1.88 bits per heavy atom. The van der Waals surface area contributed by atoms with Crippen molar-refractivity contribution in [2.24, 2.45) is 11.3 Å². The van der Waals surface area contributed by atoms with Crippen LogP contribution in [0.15, 0.2) is 0 Å². The van der Waals surface area contributed by atoms with Gasteiger partial charge in [-0.05, 0) is 31.6 Å². The minimum atomic E-state index is -0.445. The zero-order valence-corrected chi connectivity index (χ0v) is 10.6. The Morgan fingerprint density at radius 3 is 2.29 bits per heavy atom. The first-order valence-corrected chi connectivity index (χ1v) is 6.55. The summed E-state index contributed by atoms with van der Waals surface area (Å²) in [6, 6.07) is 0. The van der Waals surface area contributed by atoms with Crippen LogP contribution < -0.4 is 0 Å². The van der Waals surface area contributed by atoms with Gasteiger partial charge in [-0.2, -0.15) is 0 Å². The van der Waals surface area contributed by atoms with Crippen molar-refractivity contribution >= 4 is 11.8 Å².